The zero-order valence-corrected chi connectivity index (χ0v) is 15.9. The summed E-state index contributed by atoms with van der Waals surface area (Å²) in [7, 11) is 0. The highest BCUT2D eigenvalue weighted by atomic mass is 32.1. The number of fused-ring (bicyclic) bond motifs is 1. The minimum Gasteiger partial charge on any atom is -0.438 e. The van der Waals surface area contributed by atoms with Crippen LogP contribution in [0.5, 0.6) is 11.6 Å². The Kier molecular flexibility index (Phi) is 4.21. The van der Waals surface area contributed by atoms with Crippen LogP contribution >= 0.6 is 11.3 Å². The van der Waals surface area contributed by atoms with Crippen molar-refractivity contribution in [2.45, 2.75) is 26.2 Å². The Morgan fingerprint density at radius 3 is 2.38 bits per heavy atom. The summed E-state index contributed by atoms with van der Waals surface area (Å²) in [5.41, 5.74) is 2.33. The summed E-state index contributed by atoms with van der Waals surface area (Å²) in [5.74, 6) is 1.44. The standard InChI is InChI=1S/C22H20N2OS/c1-22(2,3)17-11-7-8-12-18(17)25-20-16-13-19(15-9-5-4-6-10-15)26-21(16)24-14-23-20/h4-14H,1-3H3. The Balaban J connectivity index is 1.78. The second-order valence-corrected chi connectivity index (χ2v) is 8.25. The number of nitrogens with zero attached hydrogens (tertiary/aromatic N) is 2. The highest BCUT2D eigenvalue weighted by molar-refractivity contribution is 7.21. The van der Waals surface area contributed by atoms with Crippen molar-refractivity contribution in [3.05, 3.63) is 72.6 Å². The maximum absolute atomic E-state index is 6.25. The third-order valence-corrected chi connectivity index (χ3v) is 5.35. The summed E-state index contributed by atoms with van der Waals surface area (Å²) < 4.78 is 6.25. The Morgan fingerprint density at radius 1 is 0.885 bits per heavy atom. The topological polar surface area (TPSA) is 35.0 Å². The molecule has 3 nitrogen and oxygen atoms in total. The van der Waals surface area contributed by atoms with E-state index in [1.54, 1.807) is 17.7 Å². The molecule has 0 atom stereocenters. The van der Waals surface area contributed by atoms with Gasteiger partial charge >= 0.3 is 0 Å². The van der Waals surface area contributed by atoms with E-state index in [4.69, 9.17) is 4.74 Å². The van der Waals surface area contributed by atoms with Gasteiger partial charge in [0.1, 0.15) is 16.9 Å². The van der Waals surface area contributed by atoms with Crippen LogP contribution < -0.4 is 4.74 Å². The van der Waals surface area contributed by atoms with E-state index in [0.29, 0.717) is 5.88 Å². The smallest absolute Gasteiger partial charge is 0.231 e. The van der Waals surface area contributed by atoms with Crippen molar-refractivity contribution >= 4 is 21.6 Å². The number of hydrogen-bond acceptors (Lipinski definition) is 4. The fourth-order valence-corrected chi connectivity index (χ4v) is 3.93. The average molecular weight is 360 g/mol. The largest absolute Gasteiger partial charge is 0.438 e. The first-order chi connectivity index (χ1) is 12.5. The summed E-state index contributed by atoms with van der Waals surface area (Å²) >= 11 is 1.65. The van der Waals surface area contributed by atoms with Crippen LogP contribution in [-0.2, 0) is 5.41 Å². The van der Waals surface area contributed by atoms with Crippen LogP contribution in [-0.4, -0.2) is 9.97 Å². The van der Waals surface area contributed by atoms with E-state index in [1.807, 2.05) is 36.4 Å². The summed E-state index contributed by atoms with van der Waals surface area (Å²) in [4.78, 5) is 10.9. The Hall–Kier alpha value is -2.72. The molecule has 0 amide bonds. The van der Waals surface area contributed by atoms with Crippen LogP contribution in [0.4, 0.5) is 0 Å². The second kappa shape index (κ2) is 6.54. The molecule has 0 unspecified atom stereocenters. The molecular weight excluding hydrogens is 340 g/mol. The van der Waals surface area contributed by atoms with Gasteiger partial charge in [-0.1, -0.05) is 69.3 Å². The lowest BCUT2D eigenvalue weighted by Gasteiger charge is -2.22. The van der Waals surface area contributed by atoms with Crippen LogP contribution in [0.1, 0.15) is 26.3 Å². The van der Waals surface area contributed by atoms with Crippen LogP contribution in [0.15, 0.2) is 67.0 Å². The summed E-state index contributed by atoms with van der Waals surface area (Å²) in [5, 5.41) is 0.945. The number of rotatable bonds is 3. The molecule has 0 N–H and O–H groups in total. The van der Waals surface area contributed by atoms with E-state index in [-0.39, 0.29) is 5.41 Å². The van der Waals surface area contributed by atoms with E-state index >= 15 is 0 Å². The molecule has 0 saturated heterocycles. The van der Waals surface area contributed by atoms with Gasteiger partial charge in [0.25, 0.3) is 0 Å². The van der Waals surface area contributed by atoms with E-state index in [0.717, 1.165) is 26.4 Å². The summed E-state index contributed by atoms with van der Waals surface area (Å²) in [6, 6.07) is 20.6. The van der Waals surface area contributed by atoms with Crippen molar-refractivity contribution in [3.8, 4) is 22.1 Å². The fraction of sp³-hybridized carbons (Fsp3) is 0.182. The van der Waals surface area contributed by atoms with Crippen molar-refractivity contribution in [3.63, 3.8) is 0 Å². The fourth-order valence-electron chi connectivity index (χ4n) is 2.94. The first-order valence-electron chi connectivity index (χ1n) is 8.60. The molecule has 0 saturated carbocycles. The molecule has 2 aromatic carbocycles. The molecule has 0 aliphatic heterocycles. The van der Waals surface area contributed by atoms with Gasteiger partial charge in [0.2, 0.25) is 5.88 Å². The third-order valence-electron chi connectivity index (χ3n) is 4.25. The predicted octanol–water partition coefficient (Wildman–Crippen LogP) is 6.45. The third kappa shape index (κ3) is 3.20. The molecular formula is C22H20N2OS. The van der Waals surface area contributed by atoms with Crippen LogP contribution in [0.25, 0.3) is 20.7 Å². The van der Waals surface area contributed by atoms with Gasteiger partial charge in [0.05, 0.1) is 5.39 Å². The van der Waals surface area contributed by atoms with Gasteiger partial charge < -0.3 is 4.74 Å². The first-order valence-corrected chi connectivity index (χ1v) is 9.41. The Morgan fingerprint density at radius 2 is 1.62 bits per heavy atom. The number of para-hydroxylation sites is 1. The summed E-state index contributed by atoms with van der Waals surface area (Å²) in [6.07, 6.45) is 1.57. The molecule has 4 rings (SSSR count). The highest BCUT2D eigenvalue weighted by Crippen LogP contribution is 2.39. The Labute approximate surface area is 157 Å². The second-order valence-electron chi connectivity index (χ2n) is 7.22. The monoisotopic (exact) mass is 360 g/mol. The van der Waals surface area contributed by atoms with Crippen molar-refractivity contribution in [2.24, 2.45) is 0 Å². The average Bonchev–Trinajstić information content (AvgIpc) is 3.07. The van der Waals surface area contributed by atoms with Crippen molar-refractivity contribution in [2.75, 3.05) is 0 Å². The van der Waals surface area contributed by atoms with Crippen LogP contribution in [0.3, 0.4) is 0 Å². The maximum atomic E-state index is 6.25. The molecule has 0 bridgehead atoms. The molecule has 2 heterocycles. The zero-order valence-electron chi connectivity index (χ0n) is 15.1. The molecule has 0 aliphatic carbocycles. The van der Waals surface area contributed by atoms with Gasteiger partial charge in [-0.3, -0.25) is 0 Å². The molecule has 0 aliphatic rings. The van der Waals surface area contributed by atoms with Crippen LogP contribution in [0, 0.1) is 0 Å². The number of thiophene rings is 1. The zero-order chi connectivity index (χ0) is 18.1. The maximum Gasteiger partial charge on any atom is 0.231 e. The van der Waals surface area contributed by atoms with Crippen molar-refractivity contribution in [1.82, 2.24) is 9.97 Å². The quantitative estimate of drug-likeness (QED) is 0.421. The molecule has 4 aromatic rings. The number of hydrogen-bond donors (Lipinski definition) is 0. The number of benzene rings is 2. The molecule has 0 fully saturated rings. The number of aromatic nitrogens is 2. The van der Waals surface area contributed by atoms with Gasteiger partial charge in [0, 0.05) is 10.4 Å². The predicted molar refractivity (Wildman–Crippen MR) is 108 cm³/mol. The SMILES string of the molecule is CC(C)(C)c1ccccc1Oc1ncnc2sc(-c3ccccc3)cc12. The lowest BCUT2D eigenvalue weighted by atomic mass is 9.86. The van der Waals surface area contributed by atoms with Gasteiger partial charge in [-0.25, -0.2) is 9.97 Å². The van der Waals surface area contributed by atoms with Gasteiger partial charge in [-0.15, -0.1) is 11.3 Å². The Bertz CT molecular complexity index is 1050. The number of ether oxygens (including phenoxy) is 1. The van der Waals surface area contributed by atoms with E-state index < -0.39 is 0 Å². The molecule has 0 spiro atoms. The van der Waals surface area contributed by atoms with Crippen molar-refractivity contribution < 1.29 is 4.74 Å². The highest BCUT2D eigenvalue weighted by Gasteiger charge is 2.20. The van der Waals surface area contributed by atoms with Gasteiger partial charge in [0.15, 0.2) is 0 Å². The molecule has 0 radical (unpaired) electrons. The van der Waals surface area contributed by atoms with Crippen molar-refractivity contribution in [1.29, 1.82) is 0 Å². The van der Waals surface area contributed by atoms with E-state index in [2.05, 4.69) is 55.0 Å². The minimum absolute atomic E-state index is 0.00736. The van der Waals surface area contributed by atoms with Gasteiger partial charge in [-0.2, -0.15) is 0 Å². The lowest BCUT2D eigenvalue weighted by molar-refractivity contribution is 0.444. The minimum atomic E-state index is -0.00736. The van der Waals surface area contributed by atoms with E-state index in [1.165, 1.54) is 5.56 Å². The molecule has 2 aromatic heterocycles. The summed E-state index contributed by atoms with van der Waals surface area (Å²) in [6.45, 7) is 6.55. The normalized spacial score (nSPS) is 11.7. The molecule has 4 heteroatoms. The molecule has 130 valence electrons. The van der Waals surface area contributed by atoms with Gasteiger partial charge in [-0.05, 0) is 23.1 Å². The molecule has 26 heavy (non-hydrogen) atoms. The van der Waals surface area contributed by atoms with E-state index in [9.17, 15) is 0 Å². The first kappa shape index (κ1) is 16.7. The van der Waals surface area contributed by atoms with Crippen LogP contribution in [0.2, 0.25) is 0 Å². The lowest BCUT2D eigenvalue weighted by Crippen LogP contribution is -2.12.